The van der Waals surface area contributed by atoms with Gasteiger partial charge in [-0.1, -0.05) is 12.1 Å². The SMILES string of the molecule is COc1ncnc(C2CC2)c1-c1ncc2nc(CCc3ccc(S(=O)(=O)CC#N)cc3)c(=O)n(C(C)C)c2n1. The van der Waals surface area contributed by atoms with Crippen molar-refractivity contribution in [2.75, 3.05) is 12.9 Å². The number of benzene rings is 1. The highest BCUT2D eigenvalue weighted by molar-refractivity contribution is 7.91. The number of hydrogen-bond acceptors (Lipinski definition) is 10. The van der Waals surface area contributed by atoms with Crippen molar-refractivity contribution in [3.05, 3.63) is 64.1 Å². The highest BCUT2D eigenvalue weighted by Crippen LogP contribution is 2.44. The first-order chi connectivity index (χ1) is 18.7. The monoisotopic (exact) mass is 545 g/mol. The van der Waals surface area contributed by atoms with E-state index in [0.717, 1.165) is 24.1 Å². The van der Waals surface area contributed by atoms with Gasteiger partial charge in [-0.15, -0.1) is 0 Å². The summed E-state index contributed by atoms with van der Waals surface area (Å²) in [6.45, 7) is 3.82. The van der Waals surface area contributed by atoms with Gasteiger partial charge in [0.25, 0.3) is 5.56 Å². The van der Waals surface area contributed by atoms with E-state index in [-0.39, 0.29) is 16.5 Å². The minimum Gasteiger partial charge on any atom is -0.480 e. The summed E-state index contributed by atoms with van der Waals surface area (Å²) in [4.78, 5) is 36.3. The number of aryl methyl sites for hydroxylation is 2. The van der Waals surface area contributed by atoms with Crippen LogP contribution in [0.4, 0.5) is 0 Å². The summed E-state index contributed by atoms with van der Waals surface area (Å²) >= 11 is 0. The molecule has 0 N–H and O–H groups in total. The van der Waals surface area contributed by atoms with Crippen LogP contribution in [0.5, 0.6) is 5.88 Å². The van der Waals surface area contributed by atoms with Gasteiger partial charge in [0.2, 0.25) is 5.88 Å². The van der Waals surface area contributed by atoms with Crippen LogP contribution in [-0.4, -0.2) is 50.8 Å². The van der Waals surface area contributed by atoms with Gasteiger partial charge in [0, 0.05) is 12.0 Å². The molecule has 0 radical (unpaired) electrons. The van der Waals surface area contributed by atoms with E-state index in [1.54, 1.807) is 36.1 Å². The van der Waals surface area contributed by atoms with Crippen molar-refractivity contribution >= 4 is 21.0 Å². The van der Waals surface area contributed by atoms with Crippen LogP contribution in [0.15, 0.2) is 46.5 Å². The second-order valence-electron chi connectivity index (χ2n) is 9.71. The van der Waals surface area contributed by atoms with Crippen LogP contribution in [-0.2, 0) is 22.7 Å². The number of nitrogens with zero attached hydrogens (tertiary/aromatic N) is 7. The summed E-state index contributed by atoms with van der Waals surface area (Å²) in [6, 6.07) is 7.83. The molecule has 1 fully saturated rings. The number of fused-ring (bicyclic) bond motifs is 1. The van der Waals surface area contributed by atoms with Crippen molar-refractivity contribution in [3.63, 3.8) is 0 Å². The molecule has 1 aromatic carbocycles. The minimum atomic E-state index is -3.63. The highest BCUT2D eigenvalue weighted by Gasteiger charge is 2.31. The fraction of sp³-hybridized carbons (Fsp3) is 0.370. The van der Waals surface area contributed by atoms with Crippen molar-refractivity contribution < 1.29 is 13.2 Å². The molecule has 0 unspecified atom stereocenters. The fourth-order valence-electron chi connectivity index (χ4n) is 4.52. The maximum absolute atomic E-state index is 13.5. The summed E-state index contributed by atoms with van der Waals surface area (Å²) in [5.41, 5.74) is 3.36. The molecule has 1 aliphatic rings. The van der Waals surface area contributed by atoms with Gasteiger partial charge < -0.3 is 4.74 Å². The van der Waals surface area contributed by atoms with E-state index >= 15 is 0 Å². The molecule has 0 bridgehead atoms. The Balaban J connectivity index is 1.50. The van der Waals surface area contributed by atoms with Crippen molar-refractivity contribution in [1.29, 1.82) is 5.26 Å². The number of hydrogen-bond donors (Lipinski definition) is 0. The summed E-state index contributed by atoms with van der Waals surface area (Å²) in [7, 11) is -2.09. The van der Waals surface area contributed by atoms with Crippen molar-refractivity contribution in [1.82, 2.24) is 29.5 Å². The third-order valence-electron chi connectivity index (χ3n) is 6.63. The van der Waals surface area contributed by atoms with Gasteiger partial charge in [-0.05, 0) is 57.2 Å². The Morgan fingerprint density at radius 3 is 2.49 bits per heavy atom. The molecule has 1 aliphatic carbocycles. The molecule has 11 nitrogen and oxygen atoms in total. The molecule has 4 aromatic rings. The van der Waals surface area contributed by atoms with Crippen molar-refractivity contribution in [2.45, 2.75) is 56.4 Å². The van der Waals surface area contributed by atoms with Gasteiger partial charge in [0.15, 0.2) is 21.3 Å². The lowest BCUT2D eigenvalue weighted by molar-refractivity contribution is 0.397. The Labute approximate surface area is 225 Å². The molecule has 0 amide bonds. The largest absolute Gasteiger partial charge is 0.480 e. The third-order valence-corrected chi connectivity index (χ3v) is 8.13. The van der Waals surface area contributed by atoms with Gasteiger partial charge in [0.05, 0.1) is 30.0 Å². The Morgan fingerprint density at radius 1 is 1.10 bits per heavy atom. The maximum atomic E-state index is 13.5. The Hall–Kier alpha value is -4.24. The Kier molecular flexibility index (Phi) is 7.10. The van der Waals surface area contributed by atoms with E-state index in [0.29, 0.717) is 52.9 Å². The third kappa shape index (κ3) is 5.22. The topological polar surface area (TPSA) is 154 Å². The number of sulfone groups is 1. The van der Waals surface area contributed by atoms with Gasteiger partial charge >= 0.3 is 0 Å². The smallest absolute Gasteiger partial charge is 0.274 e. The van der Waals surface area contributed by atoms with Gasteiger partial charge in [-0.25, -0.2) is 33.3 Å². The molecule has 3 aromatic heterocycles. The number of methoxy groups -OCH3 is 1. The lowest BCUT2D eigenvalue weighted by Crippen LogP contribution is -2.28. The lowest BCUT2D eigenvalue weighted by atomic mass is 10.1. The number of ether oxygens (including phenoxy) is 1. The highest BCUT2D eigenvalue weighted by atomic mass is 32.2. The molecule has 0 aliphatic heterocycles. The molecule has 5 rings (SSSR count). The number of rotatable bonds is 9. The predicted molar refractivity (Wildman–Crippen MR) is 143 cm³/mol. The second-order valence-corrected chi connectivity index (χ2v) is 11.7. The molecule has 0 spiro atoms. The van der Waals surface area contributed by atoms with Crippen LogP contribution in [0.3, 0.4) is 0 Å². The van der Waals surface area contributed by atoms with Crippen molar-refractivity contribution in [3.8, 4) is 23.3 Å². The van der Waals surface area contributed by atoms with E-state index in [1.807, 2.05) is 13.8 Å². The summed E-state index contributed by atoms with van der Waals surface area (Å²) < 4.78 is 31.3. The van der Waals surface area contributed by atoms with Crippen LogP contribution in [0.25, 0.3) is 22.6 Å². The Bertz CT molecular complexity index is 1760. The number of aromatic nitrogens is 6. The zero-order valence-corrected chi connectivity index (χ0v) is 22.6. The van der Waals surface area contributed by atoms with E-state index in [9.17, 15) is 13.2 Å². The predicted octanol–water partition coefficient (Wildman–Crippen LogP) is 3.19. The molecule has 0 atom stereocenters. The molecule has 0 saturated heterocycles. The Morgan fingerprint density at radius 2 is 1.85 bits per heavy atom. The van der Waals surface area contributed by atoms with E-state index in [2.05, 4.69) is 19.9 Å². The maximum Gasteiger partial charge on any atom is 0.274 e. The molecule has 39 heavy (non-hydrogen) atoms. The average Bonchev–Trinajstić information content (AvgIpc) is 3.77. The van der Waals surface area contributed by atoms with Crippen molar-refractivity contribution in [2.24, 2.45) is 0 Å². The number of nitriles is 1. The molecular weight excluding hydrogens is 518 g/mol. The van der Waals surface area contributed by atoms with Crippen LogP contribution in [0.1, 0.15) is 55.6 Å². The van der Waals surface area contributed by atoms with Gasteiger partial charge in [-0.3, -0.25) is 9.36 Å². The van der Waals surface area contributed by atoms with Gasteiger partial charge in [0.1, 0.15) is 28.9 Å². The van der Waals surface area contributed by atoms with Gasteiger partial charge in [-0.2, -0.15) is 5.26 Å². The summed E-state index contributed by atoms with van der Waals surface area (Å²) in [5.74, 6) is 0.513. The molecular formula is C27H27N7O4S. The summed E-state index contributed by atoms with van der Waals surface area (Å²) in [6.07, 6.45) is 5.97. The fourth-order valence-corrected chi connectivity index (χ4v) is 5.41. The molecule has 3 heterocycles. The standard InChI is InChI=1S/C27H27N7O4S/c1-16(2)34-25-21(14-29-24(33-25)22-23(18-7-8-18)30-15-31-26(22)38-3)32-20(27(34)35)11-6-17-4-9-19(10-5-17)39(36,37)13-12-28/h4-5,9-10,14-16,18H,6-8,11,13H2,1-3H3. The van der Waals surface area contributed by atoms with Crippen LogP contribution >= 0.6 is 0 Å². The second kappa shape index (κ2) is 10.5. The first-order valence-corrected chi connectivity index (χ1v) is 14.2. The summed E-state index contributed by atoms with van der Waals surface area (Å²) in [5, 5.41) is 8.74. The zero-order chi connectivity index (χ0) is 27.7. The normalized spacial score (nSPS) is 13.5. The first-order valence-electron chi connectivity index (χ1n) is 12.6. The average molecular weight is 546 g/mol. The minimum absolute atomic E-state index is 0.0945. The quantitative estimate of drug-likeness (QED) is 0.306. The molecule has 12 heteroatoms. The van der Waals surface area contributed by atoms with Crippen LogP contribution in [0.2, 0.25) is 0 Å². The lowest BCUT2D eigenvalue weighted by Gasteiger charge is -2.16. The van der Waals surface area contributed by atoms with Crippen LogP contribution < -0.4 is 10.3 Å². The molecule has 200 valence electrons. The first kappa shape index (κ1) is 26.4. The zero-order valence-electron chi connectivity index (χ0n) is 21.8. The van der Waals surface area contributed by atoms with E-state index in [4.69, 9.17) is 15.0 Å². The van der Waals surface area contributed by atoms with E-state index < -0.39 is 15.6 Å². The van der Waals surface area contributed by atoms with Crippen LogP contribution in [0, 0.1) is 11.3 Å². The molecule has 1 saturated carbocycles. The van der Waals surface area contributed by atoms with E-state index in [1.165, 1.54) is 18.5 Å².